The fourth-order valence-electron chi connectivity index (χ4n) is 4.23. The number of pyridine rings is 1. The lowest BCUT2D eigenvalue weighted by Gasteiger charge is -2.33. The van der Waals surface area contributed by atoms with Gasteiger partial charge in [0.15, 0.2) is 0 Å². The first-order chi connectivity index (χ1) is 15.7. The maximum Gasteiger partial charge on any atom is 0.259 e. The predicted molar refractivity (Wildman–Crippen MR) is 127 cm³/mol. The van der Waals surface area contributed by atoms with Crippen molar-refractivity contribution < 1.29 is 17.9 Å². The fourth-order valence-corrected chi connectivity index (χ4v) is 5.32. The summed E-state index contributed by atoms with van der Waals surface area (Å²) in [6, 6.07) is 8.90. The van der Waals surface area contributed by atoms with Crippen LogP contribution in [-0.2, 0) is 15.8 Å². The molecular formula is C23H29N5O4S. The lowest BCUT2D eigenvalue weighted by molar-refractivity contribution is 0.0943. The summed E-state index contributed by atoms with van der Waals surface area (Å²) in [4.78, 5) is 19.0. The summed E-state index contributed by atoms with van der Waals surface area (Å²) >= 11 is 0. The van der Waals surface area contributed by atoms with Gasteiger partial charge in [0, 0.05) is 36.8 Å². The zero-order valence-electron chi connectivity index (χ0n) is 18.8. The van der Waals surface area contributed by atoms with Gasteiger partial charge in [0.05, 0.1) is 17.9 Å². The Labute approximate surface area is 194 Å². The molecule has 0 bridgehead atoms. The molecule has 1 aromatic carbocycles. The number of fused-ring (bicyclic) bond motifs is 1. The monoisotopic (exact) mass is 471 g/mol. The zero-order valence-corrected chi connectivity index (χ0v) is 19.6. The number of benzene rings is 1. The van der Waals surface area contributed by atoms with Crippen molar-refractivity contribution in [3.05, 3.63) is 53.2 Å². The number of anilines is 1. The van der Waals surface area contributed by atoms with Gasteiger partial charge in [-0.25, -0.2) is 13.4 Å². The third-order valence-corrected chi connectivity index (χ3v) is 6.84. The molecule has 0 saturated carbocycles. The highest BCUT2D eigenvalue weighted by Gasteiger charge is 2.27. The Balaban J connectivity index is 1.44. The minimum absolute atomic E-state index is 0.0298. The molecule has 0 unspecified atom stereocenters. The smallest absolute Gasteiger partial charge is 0.259 e. The van der Waals surface area contributed by atoms with Crippen molar-refractivity contribution in [3.8, 4) is 5.75 Å². The highest BCUT2D eigenvalue weighted by atomic mass is 32.2. The van der Waals surface area contributed by atoms with Crippen molar-refractivity contribution >= 4 is 27.6 Å². The molecule has 1 amide bonds. The maximum absolute atomic E-state index is 12.4. The van der Waals surface area contributed by atoms with Crippen molar-refractivity contribution in [1.82, 2.24) is 10.3 Å². The number of rotatable bonds is 6. The van der Waals surface area contributed by atoms with E-state index in [0.717, 1.165) is 31.7 Å². The Kier molecular flexibility index (Phi) is 6.55. The summed E-state index contributed by atoms with van der Waals surface area (Å²) in [5.41, 5.74) is 7.69. The molecule has 4 rings (SSSR count). The third-order valence-electron chi connectivity index (χ3n) is 5.69. The molecule has 33 heavy (non-hydrogen) atoms. The van der Waals surface area contributed by atoms with E-state index in [-0.39, 0.29) is 29.5 Å². The zero-order chi connectivity index (χ0) is 23.6. The van der Waals surface area contributed by atoms with Crippen LogP contribution in [0.2, 0.25) is 0 Å². The van der Waals surface area contributed by atoms with E-state index in [9.17, 15) is 13.2 Å². The standard InChI is InChI=1S/C23H29N5O4S/c1-15(2)26-23(29)17-8-9-25-20(11-17)28-10-4-5-16(12-28)13-32-19-7-3-6-18-14-33(30,31)27-22(24)21(18)19/h3,6-9,11,15-16H,4-5,10,12-14H2,1-2H3,(H2,24,27)(H,26,29)/t16-/m0/s1. The fraction of sp³-hybridized carbons (Fsp3) is 0.435. The minimum atomic E-state index is -3.59. The SMILES string of the molecule is CC(C)NC(=O)c1ccnc(N2CCC[C@H](COc3cccc4c3C(N)=NS(=O)(=O)C4)C2)c1. The molecule has 176 valence electrons. The van der Waals surface area contributed by atoms with Gasteiger partial charge >= 0.3 is 0 Å². The molecule has 2 aromatic rings. The number of amidine groups is 1. The quantitative estimate of drug-likeness (QED) is 0.660. The van der Waals surface area contributed by atoms with Crippen LogP contribution < -0.4 is 20.7 Å². The van der Waals surface area contributed by atoms with Crippen LogP contribution in [0.3, 0.4) is 0 Å². The maximum atomic E-state index is 12.4. The van der Waals surface area contributed by atoms with Crippen molar-refractivity contribution in [2.45, 2.75) is 38.5 Å². The van der Waals surface area contributed by atoms with E-state index in [1.807, 2.05) is 19.9 Å². The van der Waals surface area contributed by atoms with E-state index in [2.05, 4.69) is 19.6 Å². The molecule has 1 fully saturated rings. The van der Waals surface area contributed by atoms with Crippen LogP contribution in [0.1, 0.15) is 48.2 Å². The van der Waals surface area contributed by atoms with Gasteiger partial charge in [-0.05, 0) is 50.5 Å². The normalized spacial score (nSPS) is 19.5. The average molecular weight is 472 g/mol. The van der Waals surface area contributed by atoms with Gasteiger partial charge in [0.25, 0.3) is 15.9 Å². The van der Waals surface area contributed by atoms with E-state index in [4.69, 9.17) is 10.5 Å². The van der Waals surface area contributed by atoms with Crippen LogP contribution in [0.4, 0.5) is 5.82 Å². The number of carbonyl (C=O) groups is 1. The highest BCUT2D eigenvalue weighted by Crippen LogP contribution is 2.29. The predicted octanol–water partition coefficient (Wildman–Crippen LogP) is 2.06. The molecule has 1 saturated heterocycles. The number of amides is 1. The van der Waals surface area contributed by atoms with Crippen LogP contribution in [0.15, 0.2) is 40.9 Å². The summed E-state index contributed by atoms with van der Waals surface area (Å²) in [6.45, 7) is 5.92. The highest BCUT2D eigenvalue weighted by molar-refractivity contribution is 7.89. The summed E-state index contributed by atoms with van der Waals surface area (Å²) in [5.74, 6) is 1.25. The topological polar surface area (TPSA) is 127 Å². The van der Waals surface area contributed by atoms with Gasteiger partial charge in [-0.2, -0.15) is 0 Å². The van der Waals surface area contributed by atoms with E-state index in [1.165, 1.54) is 0 Å². The average Bonchev–Trinajstić information content (AvgIpc) is 2.76. The summed E-state index contributed by atoms with van der Waals surface area (Å²) in [5, 5.41) is 2.91. The second-order valence-electron chi connectivity index (χ2n) is 8.79. The molecule has 9 nitrogen and oxygen atoms in total. The van der Waals surface area contributed by atoms with Crippen molar-refractivity contribution in [2.75, 3.05) is 24.6 Å². The Hall–Kier alpha value is -3.14. The van der Waals surface area contributed by atoms with Gasteiger partial charge in [-0.15, -0.1) is 4.40 Å². The molecule has 0 radical (unpaired) electrons. The molecule has 0 aliphatic carbocycles. The molecule has 3 heterocycles. The van der Waals surface area contributed by atoms with E-state index >= 15 is 0 Å². The van der Waals surface area contributed by atoms with Crippen LogP contribution in [0, 0.1) is 5.92 Å². The number of piperidine rings is 1. The van der Waals surface area contributed by atoms with Gasteiger partial charge in [-0.3, -0.25) is 4.79 Å². The first-order valence-electron chi connectivity index (χ1n) is 11.1. The summed E-state index contributed by atoms with van der Waals surface area (Å²) in [7, 11) is -3.59. The minimum Gasteiger partial charge on any atom is -0.492 e. The third kappa shape index (κ3) is 5.44. The number of nitrogens with one attached hydrogen (secondary N) is 1. The van der Waals surface area contributed by atoms with E-state index in [0.29, 0.717) is 29.0 Å². The number of nitrogens with zero attached hydrogens (tertiary/aromatic N) is 3. The first kappa shape index (κ1) is 23.0. The number of carbonyl (C=O) groups excluding carboxylic acids is 1. The Morgan fingerprint density at radius 2 is 2.15 bits per heavy atom. The molecule has 2 aliphatic rings. The van der Waals surface area contributed by atoms with Crippen LogP contribution >= 0.6 is 0 Å². The molecule has 3 N–H and O–H groups in total. The van der Waals surface area contributed by atoms with Gasteiger partial charge in [0.1, 0.15) is 17.4 Å². The first-order valence-corrected chi connectivity index (χ1v) is 12.7. The van der Waals surface area contributed by atoms with Crippen molar-refractivity contribution in [3.63, 3.8) is 0 Å². The molecule has 1 atom stereocenters. The van der Waals surface area contributed by atoms with Gasteiger partial charge in [-0.1, -0.05) is 12.1 Å². The molecule has 0 spiro atoms. The number of ether oxygens (including phenoxy) is 1. The van der Waals surface area contributed by atoms with Crippen LogP contribution in [0.25, 0.3) is 0 Å². The number of aromatic nitrogens is 1. The second kappa shape index (κ2) is 9.38. The van der Waals surface area contributed by atoms with Crippen molar-refractivity contribution in [1.29, 1.82) is 0 Å². The number of hydrogen-bond acceptors (Lipinski definition) is 7. The molecular weight excluding hydrogens is 442 g/mol. The summed E-state index contributed by atoms with van der Waals surface area (Å²) < 4.78 is 33.5. The van der Waals surface area contributed by atoms with Gasteiger partial charge < -0.3 is 20.7 Å². The Bertz CT molecular complexity index is 1180. The lowest BCUT2D eigenvalue weighted by Crippen LogP contribution is -2.38. The van der Waals surface area contributed by atoms with Crippen LogP contribution in [-0.4, -0.2) is 50.9 Å². The van der Waals surface area contributed by atoms with Gasteiger partial charge in [0.2, 0.25) is 0 Å². The number of hydrogen-bond donors (Lipinski definition) is 2. The number of sulfonamides is 1. The van der Waals surface area contributed by atoms with Crippen LogP contribution in [0.5, 0.6) is 5.75 Å². The molecule has 1 aromatic heterocycles. The summed E-state index contributed by atoms with van der Waals surface area (Å²) in [6.07, 6.45) is 3.64. The second-order valence-corrected chi connectivity index (χ2v) is 10.4. The number of nitrogens with two attached hydrogens (primary N) is 1. The lowest BCUT2D eigenvalue weighted by atomic mass is 9.98. The van der Waals surface area contributed by atoms with Crippen molar-refractivity contribution in [2.24, 2.45) is 16.0 Å². The largest absolute Gasteiger partial charge is 0.492 e. The Morgan fingerprint density at radius 3 is 2.94 bits per heavy atom. The Morgan fingerprint density at radius 1 is 1.33 bits per heavy atom. The molecule has 10 heteroatoms. The van der Waals surface area contributed by atoms with E-state index < -0.39 is 10.0 Å². The molecule has 2 aliphatic heterocycles. The van der Waals surface area contributed by atoms with E-state index in [1.54, 1.807) is 30.5 Å².